The van der Waals surface area contributed by atoms with Crippen LogP contribution in [0.25, 0.3) is 0 Å². The second-order valence-corrected chi connectivity index (χ2v) is 4.53. The summed E-state index contributed by atoms with van der Waals surface area (Å²) in [5, 5.41) is 0. The lowest BCUT2D eigenvalue weighted by molar-refractivity contribution is 0.0624. The summed E-state index contributed by atoms with van der Waals surface area (Å²) in [4.78, 5) is 0. The van der Waals surface area contributed by atoms with Crippen LogP contribution in [0.15, 0.2) is 54.6 Å². The molecule has 0 heterocycles. The first-order valence-corrected chi connectivity index (χ1v) is 5.90. The first-order valence-electron chi connectivity index (χ1n) is 5.90. The predicted octanol–water partition coefficient (Wildman–Crippen LogP) is 3.92. The highest BCUT2D eigenvalue weighted by molar-refractivity contribution is 5.36. The van der Waals surface area contributed by atoms with Gasteiger partial charge in [0.25, 0.3) is 6.43 Å². The highest BCUT2D eigenvalue weighted by atomic mass is 19.3. The number of para-hydroxylation sites is 1. The second kappa shape index (κ2) is 5.36. The fourth-order valence-electron chi connectivity index (χ4n) is 1.65. The van der Waals surface area contributed by atoms with Gasteiger partial charge in [0, 0.05) is 0 Å². The van der Waals surface area contributed by atoms with Gasteiger partial charge in [-0.05, 0) is 36.8 Å². The number of alkyl halides is 2. The fourth-order valence-corrected chi connectivity index (χ4v) is 1.65. The van der Waals surface area contributed by atoms with Gasteiger partial charge in [-0.2, -0.15) is 0 Å². The molecule has 0 aliphatic carbocycles. The molecule has 0 saturated heterocycles. The molecule has 1 atom stereocenters. The van der Waals surface area contributed by atoms with E-state index in [9.17, 15) is 8.78 Å². The van der Waals surface area contributed by atoms with Gasteiger partial charge in [-0.25, -0.2) is 8.78 Å². The highest BCUT2D eigenvalue weighted by Gasteiger charge is 2.32. The zero-order chi connectivity index (χ0) is 13.9. The molecular formula is C15H15F2NO. The molecule has 2 rings (SSSR count). The molecular weight excluding hydrogens is 248 g/mol. The SMILES string of the molecule is CC(N)(c1cccc(Oc2ccccc2)c1)C(F)F. The minimum Gasteiger partial charge on any atom is -0.457 e. The van der Waals surface area contributed by atoms with Gasteiger partial charge in [0.2, 0.25) is 0 Å². The Morgan fingerprint density at radius 1 is 1.00 bits per heavy atom. The smallest absolute Gasteiger partial charge is 0.260 e. The minimum absolute atomic E-state index is 0.343. The third-order valence-corrected chi connectivity index (χ3v) is 2.89. The molecule has 0 fully saturated rings. The van der Waals surface area contributed by atoms with E-state index in [2.05, 4.69) is 0 Å². The Balaban J connectivity index is 2.25. The van der Waals surface area contributed by atoms with Gasteiger partial charge >= 0.3 is 0 Å². The van der Waals surface area contributed by atoms with Crippen LogP contribution in [0.2, 0.25) is 0 Å². The molecule has 2 N–H and O–H groups in total. The molecule has 2 nitrogen and oxygen atoms in total. The van der Waals surface area contributed by atoms with Gasteiger partial charge in [-0.3, -0.25) is 0 Å². The van der Waals surface area contributed by atoms with Crippen molar-refractivity contribution in [1.82, 2.24) is 0 Å². The van der Waals surface area contributed by atoms with E-state index in [0.29, 0.717) is 17.1 Å². The van der Waals surface area contributed by atoms with Gasteiger partial charge in [0.05, 0.1) is 5.54 Å². The van der Waals surface area contributed by atoms with Gasteiger partial charge in [0.15, 0.2) is 0 Å². The maximum absolute atomic E-state index is 12.9. The van der Waals surface area contributed by atoms with E-state index in [1.54, 1.807) is 36.4 Å². The fraction of sp³-hybridized carbons (Fsp3) is 0.200. The summed E-state index contributed by atoms with van der Waals surface area (Å²) in [6, 6.07) is 15.6. The Morgan fingerprint density at radius 3 is 2.26 bits per heavy atom. The van der Waals surface area contributed by atoms with E-state index in [0.717, 1.165) is 0 Å². The summed E-state index contributed by atoms with van der Waals surface area (Å²) in [7, 11) is 0. The maximum atomic E-state index is 12.9. The van der Waals surface area contributed by atoms with Crippen LogP contribution in [-0.4, -0.2) is 6.43 Å². The summed E-state index contributed by atoms with van der Waals surface area (Å²) in [5.41, 5.74) is 4.30. The van der Waals surface area contributed by atoms with E-state index in [4.69, 9.17) is 10.5 Å². The quantitative estimate of drug-likeness (QED) is 0.907. The molecule has 0 aliphatic heterocycles. The Labute approximate surface area is 110 Å². The van der Waals surface area contributed by atoms with E-state index in [-0.39, 0.29) is 0 Å². The van der Waals surface area contributed by atoms with Gasteiger partial charge < -0.3 is 10.5 Å². The van der Waals surface area contributed by atoms with E-state index in [1.807, 2.05) is 18.2 Å². The summed E-state index contributed by atoms with van der Waals surface area (Å²) >= 11 is 0. The van der Waals surface area contributed by atoms with Crippen molar-refractivity contribution >= 4 is 0 Å². The number of halogens is 2. The van der Waals surface area contributed by atoms with Crippen molar-refractivity contribution < 1.29 is 13.5 Å². The first-order chi connectivity index (χ1) is 9.00. The molecule has 0 aliphatic rings. The summed E-state index contributed by atoms with van der Waals surface area (Å²) in [6.45, 7) is 1.30. The Kier molecular flexibility index (Phi) is 3.81. The standard InChI is InChI=1S/C15H15F2NO/c1-15(18,14(16)17)11-6-5-9-13(10-11)19-12-7-3-2-4-8-12/h2-10,14H,18H2,1H3. The van der Waals surface area contributed by atoms with Crippen molar-refractivity contribution in [3.63, 3.8) is 0 Å². The first kappa shape index (κ1) is 13.5. The summed E-state index contributed by atoms with van der Waals surface area (Å²) in [6.07, 6.45) is -2.64. The van der Waals surface area contributed by atoms with E-state index >= 15 is 0 Å². The molecule has 2 aromatic carbocycles. The molecule has 0 saturated carbocycles. The lowest BCUT2D eigenvalue weighted by atomic mass is 9.94. The lowest BCUT2D eigenvalue weighted by Gasteiger charge is -2.24. The van der Waals surface area contributed by atoms with Crippen LogP contribution in [0, 0.1) is 0 Å². The Morgan fingerprint density at radius 2 is 1.63 bits per heavy atom. The summed E-state index contributed by atoms with van der Waals surface area (Å²) in [5.74, 6) is 1.14. The second-order valence-electron chi connectivity index (χ2n) is 4.53. The van der Waals surface area contributed by atoms with Crippen LogP contribution >= 0.6 is 0 Å². The lowest BCUT2D eigenvalue weighted by Crippen LogP contribution is -2.40. The Bertz CT molecular complexity index is 541. The van der Waals surface area contributed by atoms with Crippen LogP contribution in [0.3, 0.4) is 0 Å². The molecule has 2 aromatic rings. The predicted molar refractivity (Wildman–Crippen MR) is 70.5 cm³/mol. The van der Waals surface area contributed by atoms with Crippen molar-refractivity contribution in [2.75, 3.05) is 0 Å². The average molecular weight is 263 g/mol. The number of benzene rings is 2. The number of nitrogens with two attached hydrogens (primary N) is 1. The van der Waals surface area contributed by atoms with Crippen LogP contribution in [0.4, 0.5) is 8.78 Å². The third-order valence-electron chi connectivity index (χ3n) is 2.89. The van der Waals surface area contributed by atoms with Gasteiger partial charge in [-0.1, -0.05) is 30.3 Å². The molecule has 0 bridgehead atoms. The van der Waals surface area contributed by atoms with Crippen molar-refractivity contribution in [1.29, 1.82) is 0 Å². The highest BCUT2D eigenvalue weighted by Crippen LogP contribution is 2.29. The molecule has 0 aromatic heterocycles. The van der Waals surface area contributed by atoms with E-state index < -0.39 is 12.0 Å². The normalized spacial score (nSPS) is 14.2. The van der Waals surface area contributed by atoms with Crippen molar-refractivity contribution in [3.05, 3.63) is 60.2 Å². The molecule has 19 heavy (non-hydrogen) atoms. The van der Waals surface area contributed by atoms with Crippen LogP contribution in [0.5, 0.6) is 11.5 Å². The Hall–Kier alpha value is -1.94. The molecule has 0 spiro atoms. The monoisotopic (exact) mass is 263 g/mol. The number of rotatable bonds is 4. The number of ether oxygens (including phenoxy) is 1. The van der Waals surface area contributed by atoms with Crippen molar-refractivity contribution in [2.45, 2.75) is 18.9 Å². The maximum Gasteiger partial charge on any atom is 0.260 e. The summed E-state index contributed by atoms with van der Waals surface area (Å²) < 4.78 is 31.4. The zero-order valence-corrected chi connectivity index (χ0v) is 10.5. The van der Waals surface area contributed by atoms with E-state index in [1.165, 1.54) is 6.92 Å². The number of hydrogen-bond donors (Lipinski definition) is 1. The molecule has 4 heteroatoms. The third kappa shape index (κ3) is 3.09. The average Bonchev–Trinajstić information content (AvgIpc) is 2.40. The van der Waals surface area contributed by atoms with Gasteiger partial charge in [0.1, 0.15) is 11.5 Å². The minimum atomic E-state index is -2.64. The zero-order valence-electron chi connectivity index (χ0n) is 10.5. The van der Waals surface area contributed by atoms with Crippen LogP contribution < -0.4 is 10.5 Å². The molecule has 1 unspecified atom stereocenters. The topological polar surface area (TPSA) is 35.2 Å². The molecule has 0 amide bonds. The molecule has 100 valence electrons. The number of hydrogen-bond acceptors (Lipinski definition) is 2. The van der Waals surface area contributed by atoms with Gasteiger partial charge in [-0.15, -0.1) is 0 Å². The van der Waals surface area contributed by atoms with Crippen LogP contribution in [-0.2, 0) is 5.54 Å². The van der Waals surface area contributed by atoms with Crippen molar-refractivity contribution in [2.24, 2.45) is 5.73 Å². The molecule has 0 radical (unpaired) electrons. The van der Waals surface area contributed by atoms with Crippen LogP contribution in [0.1, 0.15) is 12.5 Å². The van der Waals surface area contributed by atoms with Crippen molar-refractivity contribution in [3.8, 4) is 11.5 Å². The largest absolute Gasteiger partial charge is 0.457 e.